The molecule has 0 saturated heterocycles. The predicted octanol–water partition coefficient (Wildman–Crippen LogP) is 4.32. The number of hydrogen-bond donors (Lipinski definition) is 2. The fraction of sp³-hybridized carbons (Fsp3) is 0.192. The van der Waals surface area contributed by atoms with Gasteiger partial charge in [0.05, 0.1) is 18.2 Å². The van der Waals surface area contributed by atoms with Gasteiger partial charge in [0.1, 0.15) is 18.1 Å². The smallest absolute Gasteiger partial charge is 0.344 e. The van der Waals surface area contributed by atoms with E-state index >= 15 is 0 Å². The molecule has 0 saturated carbocycles. The first-order valence-corrected chi connectivity index (χ1v) is 10.6. The molecule has 0 aliphatic rings. The lowest BCUT2D eigenvalue weighted by Gasteiger charge is -2.20. The van der Waals surface area contributed by atoms with Crippen molar-refractivity contribution in [2.75, 3.05) is 18.5 Å². The topological polar surface area (TPSA) is 118 Å². The summed E-state index contributed by atoms with van der Waals surface area (Å²) in [4.78, 5) is 24.0. The number of nitriles is 1. The van der Waals surface area contributed by atoms with Crippen molar-refractivity contribution in [3.05, 3.63) is 89.5 Å². The van der Waals surface area contributed by atoms with E-state index in [1.807, 2.05) is 36.4 Å². The largest absolute Gasteiger partial charge is 0.489 e. The molecule has 0 bridgehead atoms. The molecule has 0 amide bonds. The highest BCUT2D eigenvalue weighted by atomic mass is 16.6. The summed E-state index contributed by atoms with van der Waals surface area (Å²) in [6.07, 6.45) is 0. The highest BCUT2D eigenvalue weighted by Gasteiger charge is 2.25. The second-order valence-electron chi connectivity index (χ2n) is 7.17. The normalized spacial score (nSPS) is 11.1. The third-order valence-electron chi connectivity index (χ3n) is 4.76. The second kappa shape index (κ2) is 11.9. The van der Waals surface area contributed by atoms with Crippen LogP contribution in [0.2, 0.25) is 0 Å². The SMILES string of the molecule is CCOC(=O)COc1ccc(OCc2ccccc2)cc1C(Nc1ccc(C#N)cc1)C(=O)O. The van der Waals surface area contributed by atoms with Crippen molar-refractivity contribution in [3.63, 3.8) is 0 Å². The van der Waals surface area contributed by atoms with Gasteiger partial charge in [-0.1, -0.05) is 30.3 Å². The Morgan fingerprint density at radius 3 is 2.41 bits per heavy atom. The fourth-order valence-corrected chi connectivity index (χ4v) is 3.13. The zero-order valence-electron chi connectivity index (χ0n) is 18.6. The molecule has 0 heterocycles. The molecule has 3 aromatic rings. The number of benzene rings is 3. The molecule has 1 atom stereocenters. The van der Waals surface area contributed by atoms with Crippen molar-refractivity contribution in [2.45, 2.75) is 19.6 Å². The number of hydrogen-bond acceptors (Lipinski definition) is 7. The maximum absolute atomic E-state index is 12.2. The molecular formula is C26H24N2O6. The summed E-state index contributed by atoms with van der Waals surface area (Å²) in [5.41, 5.74) is 2.18. The minimum Gasteiger partial charge on any atom is -0.489 e. The molecule has 0 radical (unpaired) electrons. The van der Waals surface area contributed by atoms with Gasteiger partial charge in [0.2, 0.25) is 0 Å². The summed E-state index contributed by atoms with van der Waals surface area (Å²) in [5, 5.41) is 21.9. The highest BCUT2D eigenvalue weighted by molar-refractivity contribution is 5.81. The van der Waals surface area contributed by atoms with E-state index in [1.165, 1.54) is 0 Å². The van der Waals surface area contributed by atoms with Crippen LogP contribution in [0, 0.1) is 11.3 Å². The predicted molar refractivity (Wildman–Crippen MR) is 125 cm³/mol. The number of anilines is 1. The lowest BCUT2D eigenvalue weighted by Crippen LogP contribution is -2.22. The summed E-state index contributed by atoms with van der Waals surface area (Å²) >= 11 is 0. The average molecular weight is 460 g/mol. The van der Waals surface area contributed by atoms with Crippen molar-refractivity contribution < 1.29 is 28.9 Å². The second-order valence-corrected chi connectivity index (χ2v) is 7.17. The van der Waals surface area contributed by atoms with Crippen LogP contribution in [0.25, 0.3) is 0 Å². The first-order chi connectivity index (χ1) is 16.5. The summed E-state index contributed by atoms with van der Waals surface area (Å²) in [7, 11) is 0. The Bertz CT molecular complexity index is 1160. The summed E-state index contributed by atoms with van der Waals surface area (Å²) in [5.74, 6) is -1.08. The Balaban J connectivity index is 1.89. The molecular weight excluding hydrogens is 436 g/mol. The molecule has 0 aromatic heterocycles. The van der Waals surface area contributed by atoms with Crippen LogP contribution in [0.15, 0.2) is 72.8 Å². The lowest BCUT2D eigenvalue weighted by atomic mass is 10.0. The van der Waals surface area contributed by atoms with Crippen LogP contribution >= 0.6 is 0 Å². The van der Waals surface area contributed by atoms with Crippen LogP contribution in [0.1, 0.15) is 29.7 Å². The molecule has 3 aromatic carbocycles. The molecule has 8 nitrogen and oxygen atoms in total. The van der Waals surface area contributed by atoms with Crippen LogP contribution in [-0.2, 0) is 20.9 Å². The monoisotopic (exact) mass is 460 g/mol. The van der Waals surface area contributed by atoms with Gasteiger partial charge >= 0.3 is 11.9 Å². The zero-order valence-corrected chi connectivity index (χ0v) is 18.6. The number of carbonyl (C=O) groups excluding carboxylic acids is 1. The Morgan fingerprint density at radius 1 is 1.03 bits per heavy atom. The quantitative estimate of drug-likeness (QED) is 0.406. The molecule has 2 N–H and O–H groups in total. The van der Waals surface area contributed by atoms with Gasteiger partial charge in [0.25, 0.3) is 0 Å². The van der Waals surface area contributed by atoms with Gasteiger partial charge in [-0.2, -0.15) is 5.26 Å². The summed E-state index contributed by atoms with van der Waals surface area (Å²) < 4.78 is 16.3. The third-order valence-corrected chi connectivity index (χ3v) is 4.76. The number of ether oxygens (including phenoxy) is 3. The van der Waals surface area contributed by atoms with E-state index in [1.54, 1.807) is 49.4 Å². The van der Waals surface area contributed by atoms with E-state index in [9.17, 15) is 14.7 Å². The van der Waals surface area contributed by atoms with E-state index in [0.717, 1.165) is 5.56 Å². The van der Waals surface area contributed by atoms with Crippen LogP contribution < -0.4 is 14.8 Å². The molecule has 174 valence electrons. The van der Waals surface area contributed by atoms with Crippen LogP contribution in [0.4, 0.5) is 5.69 Å². The van der Waals surface area contributed by atoms with Crippen molar-refractivity contribution in [1.29, 1.82) is 5.26 Å². The molecule has 0 fully saturated rings. The van der Waals surface area contributed by atoms with Gasteiger partial charge in [-0.15, -0.1) is 0 Å². The number of carbonyl (C=O) groups is 2. The first-order valence-electron chi connectivity index (χ1n) is 10.6. The van der Waals surface area contributed by atoms with Gasteiger partial charge in [0, 0.05) is 11.3 Å². The average Bonchev–Trinajstić information content (AvgIpc) is 2.86. The van der Waals surface area contributed by atoms with Crippen LogP contribution in [0.3, 0.4) is 0 Å². The molecule has 34 heavy (non-hydrogen) atoms. The molecule has 1 unspecified atom stereocenters. The Morgan fingerprint density at radius 2 is 1.76 bits per heavy atom. The van der Waals surface area contributed by atoms with Crippen molar-refractivity contribution >= 4 is 17.6 Å². The maximum Gasteiger partial charge on any atom is 0.344 e. The van der Waals surface area contributed by atoms with Crippen molar-refractivity contribution in [3.8, 4) is 17.6 Å². The standard InChI is InChI=1S/C26H24N2O6/c1-2-32-24(29)17-34-23-13-12-21(33-16-19-6-4-3-5-7-19)14-22(23)25(26(30)31)28-20-10-8-18(15-27)9-11-20/h3-14,25,28H,2,16-17H2,1H3,(H,30,31). The molecule has 3 rings (SSSR count). The minimum absolute atomic E-state index is 0.202. The summed E-state index contributed by atoms with van der Waals surface area (Å²) in [6.45, 7) is 1.82. The number of aliphatic carboxylic acids is 1. The number of nitrogens with one attached hydrogen (secondary N) is 1. The van der Waals surface area contributed by atoms with Gasteiger partial charge in [-0.25, -0.2) is 9.59 Å². The Hall–Kier alpha value is -4.51. The van der Waals surface area contributed by atoms with Gasteiger partial charge in [-0.3, -0.25) is 0 Å². The van der Waals surface area contributed by atoms with E-state index in [-0.39, 0.29) is 24.5 Å². The lowest BCUT2D eigenvalue weighted by molar-refractivity contribution is -0.145. The maximum atomic E-state index is 12.2. The van der Waals surface area contributed by atoms with Gasteiger partial charge in [-0.05, 0) is 55.0 Å². The van der Waals surface area contributed by atoms with Crippen LogP contribution in [0.5, 0.6) is 11.5 Å². The van der Waals surface area contributed by atoms with Gasteiger partial charge < -0.3 is 24.6 Å². The number of esters is 1. The molecule has 0 aliphatic heterocycles. The Kier molecular flexibility index (Phi) is 8.47. The highest BCUT2D eigenvalue weighted by Crippen LogP contribution is 2.32. The van der Waals surface area contributed by atoms with Crippen molar-refractivity contribution in [2.24, 2.45) is 0 Å². The van der Waals surface area contributed by atoms with Crippen molar-refractivity contribution in [1.82, 2.24) is 0 Å². The number of carboxylic acid groups (broad SMARTS) is 1. The molecule has 0 aliphatic carbocycles. The van der Waals surface area contributed by atoms with E-state index in [0.29, 0.717) is 23.6 Å². The number of rotatable bonds is 11. The van der Waals surface area contributed by atoms with Crippen LogP contribution in [-0.4, -0.2) is 30.3 Å². The minimum atomic E-state index is -1.22. The molecule has 0 spiro atoms. The van der Waals surface area contributed by atoms with E-state index in [2.05, 4.69) is 5.32 Å². The van der Waals surface area contributed by atoms with E-state index < -0.39 is 18.0 Å². The third kappa shape index (κ3) is 6.74. The zero-order chi connectivity index (χ0) is 24.3. The fourth-order valence-electron chi connectivity index (χ4n) is 3.13. The van der Waals surface area contributed by atoms with E-state index in [4.69, 9.17) is 19.5 Å². The first kappa shape index (κ1) is 24.1. The molecule has 8 heteroatoms. The Labute approximate surface area is 197 Å². The number of carboxylic acids is 1. The summed E-state index contributed by atoms with van der Waals surface area (Å²) in [6, 6.07) is 21.5. The number of nitrogens with zero attached hydrogens (tertiary/aromatic N) is 1. The van der Waals surface area contributed by atoms with Gasteiger partial charge in [0.15, 0.2) is 12.6 Å².